The van der Waals surface area contributed by atoms with Crippen LogP contribution in [0.15, 0.2) is 42.5 Å². The first kappa shape index (κ1) is 13.0. The highest BCUT2D eigenvalue weighted by molar-refractivity contribution is 6.32. The second kappa shape index (κ2) is 6.51. The molecule has 1 rings (SSSR count). The number of hydrogen-bond donors (Lipinski definition) is 1. The number of anilines is 1. The number of carbonyl (C=O) groups excluding carboxylic acids is 1. The highest BCUT2D eigenvalue weighted by Gasteiger charge is 2.02. The molecule has 0 saturated carbocycles. The van der Waals surface area contributed by atoms with E-state index in [1.165, 1.54) is 6.08 Å². The van der Waals surface area contributed by atoms with Gasteiger partial charge in [-0.3, -0.25) is 4.79 Å². The van der Waals surface area contributed by atoms with E-state index < -0.39 is 0 Å². The summed E-state index contributed by atoms with van der Waals surface area (Å²) < 4.78 is 0. The van der Waals surface area contributed by atoms with Crippen LogP contribution in [-0.4, -0.2) is 5.91 Å². The minimum atomic E-state index is -0.246. The van der Waals surface area contributed by atoms with Gasteiger partial charge in [0.05, 0.1) is 10.6 Å². The molecule has 0 atom stereocenters. The summed E-state index contributed by atoms with van der Waals surface area (Å²) >= 11 is 5.84. The molecule has 0 radical (unpaired) electrons. The van der Waals surface area contributed by atoms with E-state index in [4.69, 9.17) is 16.9 Å². The Morgan fingerprint density at radius 2 is 2.24 bits per heavy atom. The molecule has 4 heteroatoms. The zero-order valence-electron chi connectivity index (χ0n) is 9.27. The molecule has 3 nitrogen and oxygen atoms in total. The van der Waals surface area contributed by atoms with E-state index in [0.29, 0.717) is 16.3 Å². The van der Waals surface area contributed by atoms with Crippen molar-refractivity contribution in [1.82, 2.24) is 0 Å². The summed E-state index contributed by atoms with van der Waals surface area (Å²) in [5.74, 6) is -0.246. The predicted molar refractivity (Wildman–Crippen MR) is 68.8 cm³/mol. The Bertz CT molecular complexity index is 513. The van der Waals surface area contributed by atoms with E-state index in [9.17, 15) is 4.79 Å². The molecule has 17 heavy (non-hydrogen) atoms. The van der Waals surface area contributed by atoms with Gasteiger partial charge in [0.25, 0.3) is 0 Å². The fourth-order valence-electron chi connectivity index (χ4n) is 1.12. The lowest BCUT2D eigenvalue weighted by Crippen LogP contribution is -2.07. The average molecular weight is 247 g/mol. The number of allylic oxidation sites excluding steroid dienone is 3. The van der Waals surface area contributed by atoms with Crippen LogP contribution in [0.4, 0.5) is 5.69 Å². The smallest absolute Gasteiger partial charge is 0.248 e. The van der Waals surface area contributed by atoms with Gasteiger partial charge in [-0.15, -0.1) is 0 Å². The fraction of sp³-hybridized carbons (Fsp3) is 0.0769. The molecular formula is C13H11ClN2O. The molecule has 0 bridgehead atoms. The summed E-state index contributed by atoms with van der Waals surface area (Å²) in [4.78, 5) is 11.4. The molecule has 1 aromatic carbocycles. The first-order valence-corrected chi connectivity index (χ1v) is 5.35. The molecule has 0 fully saturated rings. The molecule has 1 amide bonds. The topological polar surface area (TPSA) is 52.9 Å². The molecule has 1 aromatic rings. The summed E-state index contributed by atoms with van der Waals surface area (Å²) in [6.07, 6.45) is 6.63. The Hall–Kier alpha value is -2.05. The average Bonchev–Trinajstić information content (AvgIpc) is 2.29. The third kappa shape index (κ3) is 4.13. The molecule has 0 aromatic heterocycles. The van der Waals surface area contributed by atoms with Crippen molar-refractivity contribution in [3.8, 4) is 6.07 Å². The van der Waals surface area contributed by atoms with Crippen LogP contribution >= 0.6 is 11.6 Å². The second-order valence-electron chi connectivity index (χ2n) is 3.18. The molecule has 1 N–H and O–H groups in total. The van der Waals surface area contributed by atoms with Gasteiger partial charge in [-0.05, 0) is 25.1 Å². The van der Waals surface area contributed by atoms with E-state index >= 15 is 0 Å². The van der Waals surface area contributed by atoms with E-state index in [-0.39, 0.29) is 5.91 Å². The third-order valence-corrected chi connectivity index (χ3v) is 2.22. The Kier molecular flexibility index (Phi) is 4.99. The van der Waals surface area contributed by atoms with Gasteiger partial charge >= 0.3 is 0 Å². The fourth-order valence-corrected chi connectivity index (χ4v) is 1.34. The van der Waals surface area contributed by atoms with Crippen molar-refractivity contribution in [2.75, 3.05) is 5.32 Å². The largest absolute Gasteiger partial charge is 0.322 e. The number of carbonyl (C=O) groups is 1. The normalized spacial score (nSPS) is 10.6. The van der Waals surface area contributed by atoms with Gasteiger partial charge in [-0.1, -0.05) is 29.8 Å². The maximum absolute atomic E-state index is 11.4. The van der Waals surface area contributed by atoms with E-state index in [1.54, 1.807) is 30.4 Å². The molecule has 0 saturated heterocycles. The van der Waals surface area contributed by atoms with E-state index in [1.807, 2.05) is 19.1 Å². The minimum Gasteiger partial charge on any atom is -0.322 e. The Balaban J connectivity index is 2.73. The summed E-state index contributed by atoms with van der Waals surface area (Å²) in [7, 11) is 0. The van der Waals surface area contributed by atoms with E-state index in [2.05, 4.69) is 5.32 Å². The highest BCUT2D eigenvalue weighted by atomic mass is 35.5. The van der Waals surface area contributed by atoms with Gasteiger partial charge in [0.2, 0.25) is 5.91 Å². The van der Waals surface area contributed by atoms with Crippen molar-refractivity contribution in [1.29, 1.82) is 5.26 Å². The summed E-state index contributed by atoms with van der Waals surface area (Å²) in [6, 6.07) is 6.69. The van der Waals surface area contributed by atoms with Gasteiger partial charge < -0.3 is 5.32 Å². The molecule has 0 aliphatic heterocycles. The predicted octanol–water partition coefficient (Wildman–Crippen LogP) is 3.28. The SMILES string of the molecule is C/C=C/C=C/C(=O)Nc1ccc(C#N)c(Cl)c1. The maximum atomic E-state index is 11.4. The van der Waals surface area contributed by atoms with Crippen LogP contribution in [0.1, 0.15) is 12.5 Å². The molecular weight excluding hydrogens is 236 g/mol. The van der Waals surface area contributed by atoms with Gasteiger partial charge in [-0.25, -0.2) is 0 Å². The van der Waals surface area contributed by atoms with Crippen molar-refractivity contribution in [3.63, 3.8) is 0 Å². The van der Waals surface area contributed by atoms with Crippen LogP contribution in [0.3, 0.4) is 0 Å². The number of nitrogens with one attached hydrogen (secondary N) is 1. The maximum Gasteiger partial charge on any atom is 0.248 e. The van der Waals surface area contributed by atoms with Crippen LogP contribution in [0.2, 0.25) is 5.02 Å². The van der Waals surface area contributed by atoms with Crippen molar-refractivity contribution in [3.05, 3.63) is 53.1 Å². The second-order valence-corrected chi connectivity index (χ2v) is 3.59. The quantitative estimate of drug-likeness (QED) is 0.657. The van der Waals surface area contributed by atoms with Gasteiger partial charge in [-0.2, -0.15) is 5.26 Å². The zero-order chi connectivity index (χ0) is 12.7. The molecule has 0 heterocycles. The molecule has 86 valence electrons. The van der Waals surface area contributed by atoms with Crippen LogP contribution in [0.5, 0.6) is 0 Å². The zero-order valence-corrected chi connectivity index (χ0v) is 10.0. The number of hydrogen-bond acceptors (Lipinski definition) is 2. The number of amides is 1. The summed E-state index contributed by atoms with van der Waals surface area (Å²) in [6.45, 7) is 1.86. The standard InChI is InChI=1S/C13H11ClN2O/c1-2-3-4-5-13(17)16-11-7-6-10(9-15)12(14)8-11/h2-8H,1H3,(H,16,17)/b3-2+,5-4+. The van der Waals surface area contributed by atoms with Gasteiger partial charge in [0.15, 0.2) is 0 Å². The Morgan fingerprint density at radius 3 is 2.82 bits per heavy atom. The van der Waals surface area contributed by atoms with Gasteiger partial charge in [0.1, 0.15) is 6.07 Å². The number of rotatable bonds is 3. The van der Waals surface area contributed by atoms with Crippen LogP contribution in [-0.2, 0) is 4.79 Å². The molecule has 0 aliphatic rings. The number of benzene rings is 1. The highest BCUT2D eigenvalue weighted by Crippen LogP contribution is 2.20. The van der Waals surface area contributed by atoms with E-state index in [0.717, 1.165) is 0 Å². The Morgan fingerprint density at radius 1 is 1.47 bits per heavy atom. The van der Waals surface area contributed by atoms with Crippen LogP contribution in [0.25, 0.3) is 0 Å². The van der Waals surface area contributed by atoms with Crippen molar-refractivity contribution < 1.29 is 4.79 Å². The number of halogens is 1. The molecule has 0 aliphatic carbocycles. The van der Waals surface area contributed by atoms with Crippen molar-refractivity contribution in [2.45, 2.75) is 6.92 Å². The van der Waals surface area contributed by atoms with Gasteiger partial charge in [0, 0.05) is 11.8 Å². The van der Waals surface area contributed by atoms with Crippen LogP contribution in [0, 0.1) is 11.3 Å². The number of nitrogens with zero attached hydrogens (tertiary/aromatic N) is 1. The molecule has 0 unspecified atom stereocenters. The minimum absolute atomic E-state index is 0.246. The first-order chi connectivity index (χ1) is 8.17. The Labute approximate surface area is 105 Å². The van der Waals surface area contributed by atoms with Crippen LogP contribution < -0.4 is 5.32 Å². The lowest BCUT2D eigenvalue weighted by Gasteiger charge is -2.03. The van der Waals surface area contributed by atoms with Crippen molar-refractivity contribution in [2.24, 2.45) is 0 Å². The third-order valence-electron chi connectivity index (χ3n) is 1.91. The van der Waals surface area contributed by atoms with Crippen molar-refractivity contribution >= 4 is 23.2 Å². The summed E-state index contributed by atoms with van der Waals surface area (Å²) in [5, 5.41) is 11.7. The number of nitriles is 1. The first-order valence-electron chi connectivity index (χ1n) is 4.97. The lowest BCUT2D eigenvalue weighted by molar-refractivity contribution is -0.111. The monoisotopic (exact) mass is 246 g/mol. The molecule has 0 spiro atoms. The lowest BCUT2D eigenvalue weighted by atomic mass is 10.2. The summed E-state index contributed by atoms with van der Waals surface area (Å²) in [5.41, 5.74) is 0.943.